The molecule has 4 heterocycles. The summed E-state index contributed by atoms with van der Waals surface area (Å²) in [6, 6.07) is 28.5. The highest BCUT2D eigenvalue weighted by Crippen LogP contribution is 2.41. The van der Waals surface area contributed by atoms with Gasteiger partial charge in [-0.25, -0.2) is 9.67 Å². The van der Waals surface area contributed by atoms with Crippen LogP contribution in [0.4, 0.5) is 4.79 Å². The fourth-order valence-electron chi connectivity index (χ4n) is 11.7. The smallest absolute Gasteiger partial charge is 0.304 e. The lowest BCUT2D eigenvalue weighted by Gasteiger charge is -2.22. The van der Waals surface area contributed by atoms with E-state index < -0.39 is 17.8 Å². The van der Waals surface area contributed by atoms with Gasteiger partial charge in [0.05, 0.1) is 25.6 Å². The number of carbonyl (C=O) groups is 5. The Balaban J connectivity index is 0.921. The number of aromatic nitrogens is 4. The first-order chi connectivity index (χ1) is 39.0. The van der Waals surface area contributed by atoms with E-state index in [4.69, 9.17) is 28.7 Å². The number of carboxylic acids is 1. The van der Waals surface area contributed by atoms with E-state index in [1.807, 2.05) is 72.8 Å². The largest absolute Gasteiger partial charge is 0.494 e. The summed E-state index contributed by atoms with van der Waals surface area (Å²) >= 11 is 1.12. The van der Waals surface area contributed by atoms with Crippen LogP contribution in [0, 0.1) is 0 Å². The van der Waals surface area contributed by atoms with Gasteiger partial charge in [0.15, 0.2) is 24.7 Å². The minimum atomic E-state index is -1.00. The Bertz CT molecular complexity index is 3460. The maximum Gasteiger partial charge on any atom is 0.304 e. The second-order valence-electron chi connectivity index (χ2n) is 21.3. The lowest BCUT2D eigenvalue weighted by atomic mass is 9.86. The van der Waals surface area contributed by atoms with Crippen LogP contribution in [-0.2, 0) is 25.7 Å². The Morgan fingerprint density at radius 3 is 2.08 bits per heavy atom. The number of imide groups is 1. The van der Waals surface area contributed by atoms with E-state index in [0.29, 0.717) is 68.5 Å². The zero-order valence-electron chi connectivity index (χ0n) is 44.8. The minimum absolute atomic E-state index is 0.0261. The van der Waals surface area contributed by atoms with Gasteiger partial charge < -0.3 is 39.4 Å². The van der Waals surface area contributed by atoms with E-state index in [-0.39, 0.29) is 80.3 Å². The van der Waals surface area contributed by atoms with Crippen LogP contribution >= 0.6 is 11.8 Å². The van der Waals surface area contributed by atoms with E-state index in [9.17, 15) is 29.1 Å². The van der Waals surface area contributed by atoms with Crippen LogP contribution in [0.3, 0.4) is 0 Å². The highest BCUT2D eigenvalue weighted by Gasteiger charge is 2.32. The number of nitrogens with one attached hydrogen (secondary N) is 2. The lowest BCUT2D eigenvalue weighted by Crippen LogP contribution is -2.37. The molecule has 0 spiro atoms. The van der Waals surface area contributed by atoms with Crippen LogP contribution in [0.15, 0.2) is 91.0 Å². The molecule has 2 aliphatic heterocycles. The number of fused-ring (bicyclic) bond motifs is 4. The number of hydrogen-bond acceptors (Lipinski definition) is 14. The summed E-state index contributed by atoms with van der Waals surface area (Å²) in [5.74, 6) is -0.0501. The molecule has 2 saturated carbocycles. The number of ether oxygens (including phenoxy) is 5. The predicted molar refractivity (Wildman–Crippen MR) is 302 cm³/mol. The van der Waals surface area contributed by atoms with Gasteiger partial charge in [0.2, 0.25) is 18.6 Å². The number of thioether (sulfide) groups is 1. The highest BCUT2D eigenvalue weighted by molar-refractivity contribution is 8.13. The average molecular weight is 1100 g/mol. The number of hydrogen-bond donors (Lipinski definition) is 3. The van der Waals surface area contributed by atoms with Gasteiger partial charge in [0, 0.05) is 54.1 Å². The van der Waals surface area contributed by atoms with Crippen molar-refractivity contribution in [2.45, 2.75) is 120 Å². The molecule has 4 amide bonds. The molecular weight excluding hydrogens is 1040 g/mol. The Labute approximate surface area is 467 Å². The normalized spacial score (nSPS) is 16.8. The third-order valence-electron chi connectivity index (χ3n) is 15.8. The fourth-order valence-corrected chi connectivity index (χ4v) is 12.5. The summed E-state index contributed by atoms with van der Waals surface area (Å²) in [7, 11) is 1.56. The van der Waals surface area contributed by atoms with Gasteiger partial charge in [-0.1, -0.05) is 105 Å². The number of aliphatic carboxylic acids is 1. The maximum absolute atomic E-state index is 14.1. The molecule has 0 bridgehead atoms. The van der Waals surface area contributed by atoms with Crippen molar-refractivity contribution in [3.63, 3.8) is 0 Å². The van der Waals surface area contributed by atoms with Gasteiger partial charge in [-0.05, 0) is 113 Å². The molecule has 18 nitrogen and oxygen atoms in total. The van der Waals surface area contributed by atoms with Crippen molar-refractivity contribution in [2.24, 2.45) is 0 Å². The summed E-state index contributed by atoms with van der Waals surface area (Å²) in [6.07, 6.45) is 12.7. The number of carboxylic acid groups (broad SMARTS) is 1. The van der Waals surface area contributed by atoms with Gasteiger partial charge >= 0.3 is 5.97 Å². The number of pyridine rings is 1. The molecule has 80 heavy (non-hydrogen) atoms. The third kappa shape index (κ3) is 12.6. The molecule has 7 aromatic rings. The zero-order chi connectivity index (χ0) is 55.1. The van der Waals surface area contributed by atoms with Gasteiger partial charge in [0.1, 0.15) is 22.5 Å². The molecule has 1 saturated heterocycles. The number of carbonyl (C=O) groups excluding carboxylic acids is 4. The molecule has 0 radical (unpaired) electrons. The summed E-state index contributed by atoms with van der Waals surface area (Å²) < 4.78 is 31.2. The van der Waals surface area contributed by atoms with E-state index in [2.05, 4.69) is 20.9 Å². The van der Waals surface area contributed by atoms with E-state index in [0.717, 1.165) is 90.4 Å². The molecule has 2 unspecified atom stereocenters. The number of rotatable bonds is 19. The average Bonchev–Trinajstić information content (AvgIpc) is 4.12. The molecule has 3 fully saturated rings. The SMILES string of the molecule is COc1cc(C(CC(=O)N2CCSC2=O)c2ccc3ccc(OCC(=O)NC4CCCCCC4)cc3c2)cc2nnn(Cc3cc(C(CC(=O)O)c4ccc5c(c4)OCO5)cc4nc(OCC(=O)NC5CCCCCC5)ccc34)c12. The monoisotopic (exact) mass is 1100 g/mol. The number of nitrogens with zero attached hydrogens (tertiary/aromatic N) is 5. The minimum Gasteiger partial charge on any atom is -0.494 e. The molecule has 2 aromatic heterocycles. The third-order valence-corrected chi connectivity index (χ3v) is 16.7. The molecule has 2 atom stereocenters. The van der Waals surface area contributed by atoms with Gasteiger partial charge in [-0.3, -0.25) is 28.9 Å². The van der Waals surface area contributed by atoms with Crippen molar-refractivity contribution < 1.29 is 52.8 Å². The van der Waals surface area contributed by atoms with Gasteiger partial charge in [0.25, 0.3) is 17.1 Å². The topological polar surface area (TPSA) is 223 Å². The standard InChI is InChI=1S/C61H65N7O11S/c1-75-54-30-42(48(31-58(71)67-22-23-80-61(67)74)38-15-14-37-16-18-46(26-40(37)24-38)76-34-55(69)62-44-10-6-2-3-7-11-44)28-51-60(54)68(66-65-51)33-43-25-41(49(32-59(72)73)39-17-20-52-53(29-39)79-36-78-52)27-50-47(43)19-21-57(64-50)77-35-56(70)63-45-12-8-4-5-9-13-45/h14-21,24-30,44-45,48-49H,2-13,22-23,31-36H2,1H3,(H,62,69)(H,63,70)(H,72,73). The molecule has 416 valence electrons. The van der Waals surface area contributed by atoms with Crippen LogP contribution in [0.1, 0.15) is 130 Å². The Morgan fingerprint density at radius 1 is 0.700 bits per heavy atom. The first-order valence-corrected chi connectivity index (χ1v) is 28.8. The quantitative estimate of drug-likeness (QED) is 0.0641. The molecular formula is C61H65N7O11S. The maximum atomic E-state index is 14.1. The second-order valence-corrected chi connectivity index (χ2v) is 22.3. The Morgan fingerprint density at radius 2 is 1.36 bits per heavy atom. The number of amides is 4. The lowest BCUT2D eigenvalue weighted by molar-refractivity contribution is -0.137. The molecule has 2 aliphatic carbocycles. The van der Waals surface area contributed by atoms with Crippen molar-refractivity contribution in [3.05, 3.63) is 119 Å². The predicted octanol–water partition coefficient (Wildman–Crippen LogP) is 10.2. The van der Waals surface area contributed by atoms with Crippen LogP contribution < -0.4 is 34.3 Å². The highest BCUT2D eigenvalue weighted by atomic mass is 32.2. The first kappa shape index (κ1) is 54.0. The van der Waals surface area contributed by atoms with Crippen molar-refractivity contribution in [1.29, 1.82) is 0 Å². The number of benzene rings is 5. The van der Waals surface area contributed by atoms with Gasteiger partial charge in [-0.2, -0.15) is 0 Å². The van der Waals surface area contributed by atoms with Crippen molar-refractivity contribution in [1.82, 2.24) is 35.5 Å². The van der Waals surface area contributed by atoms with Crippen LogP contribution in [0.25, 0.3) is 32.7 Å². The summed E-state index contributed by atoms with van der Waals surface area (Å²) in [4.78, 5) is 72.0. The summed E-state index contributed by atoms with van der Waals surface area (Å²) in [5.41, 5.74) is 5.20. The van der Waals surface area contributed by atoms with Crippen molar-refractivity contribution in [3.8, 4) is 28.9 Å². The molecule has 5 aromatic carbocycles. The van der Waals surface area contributed by atoms with Crippen LogP contribution in [-0.4, -0.2) is 110 Å². The number of methoxy groups -OCH3 is 1. The second kappa shape index (κ2) is 24.6. The molecule has 11 rings (SSSR count). The van der Waals surface area contributed by atoms with Crippen molar-refractivity contribution in [2.75, 3.05) is 39.4 Å². The van der Waals surface area contributed by atoms with Crippen LogP contribution in [0.5, 0.6) is 28.9 Å². The van der Waals surface area contributed by atoms with E-state index in [1.54, 1.807) is 30.0 Å². The molecule has 3 N–H and O–H groups in total. The van der Waals surface area contributed by atoms with E-state index in [1.165, 1.54) is 30.6 Å². The molecule has 4 aliphatic rings. The first-order valence-electron chi connectivity index (χ1n) is 27.8. The summed E-state index contributed by atoms with van der Waals surface area (Å²) in [6.45, 7) is 0.214. The van der Waals surface area contributed by atoms with Crippen molar-refractivity contribution >= 4 is 73.4 Å². The molecule has 19 heteroatoms. The van der Waals surface area contributed by atoms with E-state index >= 15 is 0 Å². The Kier molecular flexibility index (Phi) is 16.6. The fraction of sp³-hybridized carbons (Fsp3) is 0.410. The van der Waals surface area contributed by atoms with Gasteiger partial charge in [-0.15, -0.1) is 5.10 Å². The zero-order valence-corrected chi connectivity index (χ0v) is 45.6. The summed E-state index contributed by atoms with van der Waals surface area (Å²) in [5, 5.41) is 28.2. The Hall–Kier alpha value is -7.93. The van der Waals surface area contributed by atoms with Crippen LogP contribution in [0.2, 0.25) is 0 Å².